The number of pyridine rings is 2. The molecule has 4 atom stereocenters. The molecule has 218 valence electrons. The molecule has 7 heterocycles. The highest BCUT2D eigenvalue weighted by atomic mass is 16.5. The van der Waals surface area contributed by atoms with Crippen LogP contribution in [0.15, 0.2) is 30.3 Å². The minimum absolute atomic E-state index is 0.00873. The van der Waals surface area contributed by atoms with E-state index in [4.69, 9.17) is 20.4 Å². The first-order valence-corrected chi connectivity index (χ1v) is 15.3. The van der Waals surface area contributed by atoms with Crippen molar-refractivity contribution in [3.05, 3.63) is 47.3 Å². The second-order valence-corrected chi connectivity index (χ2v) is 12.7. The number of imidazole rings is 1. The third-order valence-electron chi connectivity index (χ3n) is 10.0. The number of fused-ring (bicyclic) bond motifs is 4. The molecule has 3 aliphatic heterocycles. The zero-order chi connectivity index (χ0) is 28.7. The number of aromatic nitrogens is 4. The number of rotatable bonds is 6. The first-order valence-electron chi connectivity index (χ1n) is 15.3. The van der Waals surface area contributed by atoms with Crippen molar-refractivity contribution in [1.82, 2.24) is 29.2 Å². The Labute approximate surface area is 244 Å². The van der Waals surface area contributed by atoms with Crippen molar-refractivity contribution in [2.45, 2.75) is 82.5 Å². The van der Waals surface area contributed by atoms with Gasteiger partial charge in [0.2, 0.25) is 5.91 Å². The van der Waals surface area contributed by atoms with Crippen LogP contribution in [0.5, 0.6) is 5.88 Å². The summed E-state index contributed by atoms with van der Waals surface area (Å²) in [6, 6.07) is 10.5. The van der Waals surface area contributed by atoms with E-state index in [9.17, 15) is 9.59 Å². The van der Waals surface area contributed by atoms with Crippen molar-refractivity contribution >= 4 is 28.5 Å². The molecule has 0 aromatic carbocycles. The van der Waals surface area contributed by atoms with Crippen LogP contribution in [0.1, 0.15) is 72.6 Å². The number of hydrogen-bond acceptors (Lipinski definition) is 6. The number of ether oxygens (including phenoxy) is 1. The lowest BCUT2D eigenvalue weighted by molar-refractivity contribution is -0.122. The van der Waals surface area contributed by atoms with Crippen molar-refractivity contribution in [2.75, 3.05) is 13.7 Å². The normalized spacial score (nSPS) is 25.5. The maximum absolute atomic E-state index is 13.7. The fraction of sp³-hybridized carbons (Fsp3) is 0.500. The van der Waals surface area contributed by atoms with Gasteiger partial charge in [-0.05, 0) is 75.6 Å². The second-order valence-electron chi connectivity index (χ2n) is 12.7. The van der Waals surface area contributed by atoms with Gasteiger partial charge in [-0.25, -0.2) is 9.97 Å². The molecule has 2 amide bonds. The van der Waals surface area contributed by atoms with Crippen molar-refractivity contribution in [3.63, 3.8) is 0 Å². The summed E-state index contributed by atoms with van der Waals surface area (Å²) in [4.78, 5) is 38.1. The maximum Gasteiger partial charge on any atom is 0.254 e. The van der Waals surface area contributed by atoms with Crippen LogP contribution in [0.3, 0.4) is 0 Å². The van der Waals surface area contributed by atoms with Crippen LogP contribution in [0, 0.1) is 12.8 Å². The van der Waals surface area contributed by atoms with Crippen LogP contribution in [0.4, 0.5) is 0 Å². The molecule has 3 saturated heterocycles. The third kappa shape index (κ3) is 4.02. The Balaban J connectivity index is 1.23. The summed E-state index contributed by atoms with van der Waals surface area (Å²) in [5, 5.41) is 4.00. The standard InChI is InChI=1S/C32H37N7O3/c1-17-30(36-27-12-21(14-29(42-2)38(17)27)32(41)39-22-6-8-25(39)23(33)15-22)26-11-20-5-7-24(19-9-10-34-28(40)13-19)35-31(20)37(26)16-18-3-4-18/h5,7,11-12,14,18-19,22-23,25H,3-4,6,8-10,13,15-16,33H2,1-2H3,(H,34,40)/t19?,22-,23+,25+/m0/s1. The van der Waals surface area contributed by atoms with Gasteiger partial charge in [0, 0.05) is 66.3 Å². The number of nitrogens with zero attached hydrogens (tertiary/aromatic N) is 5. The maximum atomic E-state index is 13.7. The molecule has 1 saturated carbocycles. The van der Waals surface area contributed by atoms with Crippen molar-refractivity contribution in [2.24, 2.45) is 11.7 Å². The average Bonchev–Trinajstić information content (AvgIpc) is 3.31. The molecule has 4 aromatic rings. The predicted molar refractivity (Wildman–Crippen MR) is 158 cm³/mol. The molecule has 10 heteroatoms. The molecule has 4 aliphatic rings. The Kier molecular flexibility index (Phi) is 5.86. The molecule has 0 spiro atoms. The number of methoxy groups -OCH3 is 1. The summed E-state index contributed by atoms with van der Waals surface area (Å²) in [7, 11) is 1.64. The van der Waals surface area contributed by atoms with Gasteiger partial charge in [-0.1, -0.05) is 0 Å². The van der Waals surface area contributed by atoms with Crippen LogP contribution in [-0.4, -0.2) is 67.4 Å². The molecule has 4 fully saturated rings. The highest BCUT2D eigenvalue weighted by Crippen LogP contribution is 2.40. The van der Waals surface area contributed by atoms with Gasteiger partial charge in [0.05, 0.1) is 18.5 Å². The SMILES string of the molecule is COc1cc(C(=O)N2[C@H]3CC[C@@H]2[C@H](N)C3)cc2nc(-c3cc4ccc(C5CCNC(=O)C5)nc4n3CC3CC3)c(C)n12. The fourth-order valence-corrected chi connectivity index (χ4v) is 7.64. The van der Waals surface area contributed by atoms with E-state index in [0.29, 0.717) is 36.0 Å². The Morgan fingerprint density at radius 3 is 2.69 bits per heavy atom. The number of nitrogens with two attached hydrogens (primary N) is 1. The zero-order valence-electron chi connectivity index (χ0n) is 24.2. The Bertz CT molecular complexity index is 1750. The summed E-state index contributed by atoms with van der Waals surface area (Å²) < 4.78 is 10.1. The first-order chi connectivity index (χ1) is 20.4. The van der Waals surface area contributed by atoms with E-state index in [1.54, 1.807) is 7.11 Å². The van der Waals surface area contributed by atoms with Crippen molar-refractivity contribution in [3.8, 4) is 17.3 Å². The Morgan fingerprint density at radius 2 is 1.98 bits per heavy atom. The van der Waals surface area contributed by atoms with Gasteiger partial charge in [-0.15, -0.1) is 0 Å². The number of carbonyl (C=O) groups excluding carboxylic acids is 2. The lowest BCUT2D eigenvalue weighted by Gasteiger charge is -2.23. The number of nitrogens with one attached hydrogen (secondary N) is 1. The van der Waals surface area contributed by atoms with Gasteiger partial charge < -0.3 is 25.3 Å². The molecule has 3 N–H and O–H groups in total. The molecule has 8 rings (SSSR count). The van der Waals surface area contributed by atoms with Crippen LogP contribution in [0.2, 0.25) is 0 Å². The smallest absolute Gasteiger partial charge is 0.254 e. The van der Waals surface area contributed by atoms with E-state index in [2.05, 4.69) is 35.0 Å². The van der Waals surface area contributed by atoms with Crippen LogP contribution in [0.25, 0.3) is 28.1 Å². The number of aryl methyl sites for hydroxylation is 1. The van der Waals surface area contributed by atoms with Crippen LogP contribution < -0.4 is 15.8 Å². The van der Waals surface area contributed by atoms with E-state index in [0.717, 1.165) is 66.0 Å². The molecule has 0 radical (unpaired) electrons. The summed E-state index contributed by atoms with van der Waals surface area (Å²) in [6.45, 7) is 3.63. The molecule has 4 aromatic heterocycles. The summed E-state index contributed by atoms with van der Waals surface area (Å²) in [5.74, 6) is 1.45. The second kappa shape index (κ2) is 9.55. The van der Waals surface area contributed by atoms with Gasteiger partial charge in [-0.2, -0.15) is 0 Å². The number of hydrogen-bond donors (Lipinski definition) is 2. The Hall–Kier alpha value is -3.92. The number of carbonyl (C=O) groups is 2. The number of piperidine rings is 1. The van der Waals surface area contributed by atoms with Crippen molar-refractivity contribution < 1.29 is 14.3 Å². The summed E-state index contributed by atoms with van der Waals surface area (Å²) in [5.41, 5.74) is 12.4. The van der Waals surface area contributed by atoms with Gasteiger partial charge >= 0.3 is 0 Å². The van der Waals surface area contributed by atoms with E-state index in [-0.39, 0.29) is 35.9 Å². The molecule has 42 heavy (non-hydrogen) atoms. The van der Waals surface area contributed by atoms with Gasteiger partial charge in [0.15, 0.2) is 5.88 Å². The zero-order valence-corrected chi connectivity index (χ0v) is 24.2. The molecule has 1 aliphatic carbocycles. The highest BCUT2D eigenvalue weighted by Gasteiger charge is 2.47. The van der Waals surface area contributed by atoms with E-state index >= 15 is 0 Å². The van der Waals surface area contributed by atoms with Gasteiger partial charge in [0.25, 0.3) is 5.91 Å². The Morgan fingerprint density at radius 1 is 1.12 bits per heavy atom. The van der Waals surface area contributed by atoms with E-state index in [1.807, 2.05) is 21.4 Å². The lowest BCUT2D eigenvalue weighted by Crippen LogP contribution is -2.40. The molecule has 10 nitrogen and oxygen atoms in total. The highest BCUT2D eigenvalue weighted by molar-refractivity contribution is 5.97. The number of amides is 2. The molecular formula is C32H37N7O3. The quantitative estimate of drug-likeness (QED) is 0.366. The van der Waals surface area contributed by atoms with E-state index < -0.39 is 0 Å². The van der Waals surface area contributed by atoms with Crippen molar-refractivity contribution in [1.29, 1.82) is 0 Å². The third-order valence-corrected chi connectivity index (χ3v) is 10.0. The van der Waals surface area contributed by atoms with Crippen LogP contribution >= 0.6 is 0 Å². The summed E-state index contributed by atoms with van der Waals surface area (Å²) in [6.07, 6.45) is 6.67. The minimum Gasteiger partial charge on any atom is -0.482 e. The monoisotopic (exact) mass is 567 g/mol. The molecular weight excluding hydrogens is 530 g/mol. The van der Waals surface area contributed by atoms with Crippen LogP contribution in [-0.2, 0) is 11.3 Å². The van der Waals surface area contributed by atoms with Gasteiger partial charge in [-0.3, -0.25) is 14.0 Å². The molecule has 2 bridgehead atoms. The lowest BCUT2D eigenvalue weighted by atomic mass is 9.93. The minimum atomic E-state index is 0.00873. The molecule has 1 unspecified atom stereocenters. The van der Waals surface area contributed by atoms with Gasteiger partial charge in [0.1, 0.15) is 17.0 Å². The summed E-state index contributed by atoms with van der Waals surface area (Å²) >= 11 is 0. The topological polar surface area (TPSA) is 120 Å². The fourth-order valence-electron chi connectivity index (χ4n) is 7.64. The largest absolute Gasteiger partial charge is 0.482 e. The predicted octanol–water partition coefficient (Wildman–Crippen LogP) is 3.78. The first kappa shape index (κ1) is 25.8. The van der Waals surface area contributed by atoms with E-state index in [1.165, 1.54) is 12.8 Å². The average molecular weight is 568 g/mol.